The van der Waals surface area contributed by atoms with Crippen molar-refractivity contribution < 1.29 is 14.3 Å². The molecule has 0 atom stereocenters. The number of amides is 1. The highest BCUT2D eigenvalue weighted by molar-refractivity contribution is 6.14. The van der Waals surface area contributed by atoms with E-state index in [1.54, 1.807) is 13.2 Å². The maximum Gasteiger partial charge on any atom is 0.250 e. The Kier molecular flexibility index (Phi) is 4.48. The van der Waals surface area contributed by atoms with Crippen LogP contribution in [0.3, 0.4) is 0 Å². The van der Waals surface area contributed by atoms with E-state index in [4.69, 9.17) is 20.2 Å². The fourth-order valence-electron chi connectivity index (χ4n) is 3.12. The van der Waals surface area contributed by atoms with E-state index in [0.717, 1.165) is 22.2 Å². The number of aromatic amines is 1. The van der Waals surface area contributed by atoms with E-state index in [2.05, 4.69) is 4.98 Å². The molecule has 2 aromatic heterocycles. The Hall–Kier alpha value is -3.38. The van der Waals surface area contributed by atoms with E-state index in [1.165, 1.54) is 0 Å². The van der Waals surface area contributed by atoms with Crippen molar-refractivity contribution in [2.75, 3.05) is 20.3 Å². The number of carbonyl (C=O) groups excluding carboxylic acids is 1. The van der Waals surface area contributed by atoms with Crippen molar-refractivity contribution in [2.45, 2.75) is 0 Å². The molecular formula is C21H19N3O3. The van der Waals surface area contributed by atoms with Crippen molar-refractivity contribution in [3.63, 3.8) is 0 Å². The van der Waals surface area contributed by atoms with Crippen molar-refractivity contribution in [2.24, 2.45) is 5.73 Å². The normalized spacial score (nSPS) is 11.1. The van der Waals surface area contributed by atoms with Gasteiger partial charge in [0.25, 0.3) is 5.91 Å². The maximum absolute atomic E-state index is 12.1. The van der Waals surface area contributed by atoms with Crippen molar-refractivity contribution in [1.29, 1.82) is 0 Å². The number of nitrogens with two attached hydrogens (primary N) is 1. The van der Waals surface area contributed by atoms with Crippen LogP contribution in [0.1, 0.15) is 10.4 Å². The van der Waals surface area contributed by atoms with Gasteiger partial charge in [-0.25, -0.2) is 4.98 Å². The molecule has 0 saturated carbocycles. The van der Waals surface area contributed by atoms with Crippen LogP contribution in [0.5, 0.6) is 5.75 Å². The first kappa shape index (κ1) is 17.1. The third-order valence-corrected chi connectivity index (χ3v) is 4.42. The Morgan fingerprint density at radius 1 is 1.11 bits per heavy atom. The summed E-state index contributed by atoms with van der Waals surface area (Å²) in [7, 11) is 1.63. The standard InChI is InChI=1S/C21H19N3O3/c1-26-9-10-27-14-7-8-15-18(11-14)24-20-16(21(22)25)12-17(23-19(15)20)13-5-3-2-4-6-13/h2-8,11-12,24H,9-10H2,1H3,(H2,22,25). The molecule has 3 N–H and O–H groups in total. The van der Waals surface area contributed by atoms with E-state index < -0.39 is 5.91 Å². The van der Waals surface area contributed by atoms with E-state index in [9.17, 15) is 4.79 Å². The number of nitrogens with one attached hydrogen (secondary N) is 1. The van der Waals surface area contributed by atoms with Crippen LogP contribution in [0, 0.1) is 0 Å². The highest BCUT2D eigenvalue weighted by Gasteiger charge is 2.16. The zero-order valence-electron chi connectivity index (χ0n) is 14.9. The molecule has 0 radical (unpaired) electrons. The number of primary amides is 1. The van der Waals surface area contributed by atoms with Crippen LogP contribution in [0.2, 0.25) is 0 Å². The van der Waals surface area contributed by atoms with Gasteiger partial charge in [0, 0.05) is 24.1 Å². The summed E-state index contributed by atoms with van der Waals surface area (Å²) in [6.07, 6.45) is 0. The number of aromatic nitrogens is 2. The van der Waals surface area contributed by atoms with Gasteiger partial charge in [0.05, 0.1) is 34.4 Å². The van der Waals surface area contributed by atoms with Gasteiger partial charge in [-0.05, 0) is 18.2 Å². The van der Waals surface area contributed by atoms with E-state index in [-0.39, 0.29) is 0 Å². The smallest absolute Gasteiger partial charge is 0.250 e. The third kappa shape index (κ3) is 3.22. The second-order valence-electron chi connectivity index (χ2n) is 6.18. The first-order valence-electron chi connectivity index (χ1n) is 8.61. The van der Waals surface area contributed by atoms with Gasteiger partial charge in [-0.3, -0.25) is 4.79 Å². The highest BCUT2D eigenvalue weighted by Crippen LogP contribution is 2.31. The summed E-state index contributed by atoms with van der Waals surface area (Å²) in [5, 5.41) is 0.907. The van der Waals surface area contributed by atoms with Crippen molar-refractivity contribution in [3.8, 4) is 17.0 Å². The summed E-state index contributed by atoms with van der Waals surface area (Å²) in [4.78, 5) is 20.1. The number of carbonyl (C=O) groups is 1. The summed E-state index contributed by atoms with van der Waals surface area (Å²) in [5.74, 6) is 0.220. The molecule has 1 amide bonds. The van der Waals surface area contributed by atoms with Crippen LogP contribution in [0.25, 0.3) is 33.2 Å². The van der Waals surface area contributed by atoms with Crippen molar-refractivity contribution in [1.82, 2.24) is 9.97 Å². The van der Waals surface area contributed by atoms with Gasteiger partial charge < -0.3 is 20.2 Å². The van der Waals surface area contributed by atoms with Crippen LogP contribution in [-0.4, -0.2) is 36.2 Å². The molecule has 0 unspecified atom stereocenters. The zero-order chi connectivity index (χ0) is 18.8. The van der Waals surface area contributed by atoms with E-state index in [1.807, 2.05) is 48.5 Å². The molecule has 2 heterocycles. The molecular weight excluding hydrogens is 342 g/mol. The molecule has 136 valence electrons. The second-order valence-corrected chi connectivity index (χ2v) is 6.18. The average Bonchev–Trinajstić information content (AvgIpc) is 3.05. The fourth-order valence-corrected chi connectivity index (χ4v) is 3.12. The first-order valence-corrected chi connectivity index (χ1v) is 8.61. The second kappa shape index (κ2) is 7.09. The van der Waals surface area contributed by atoms with Gasteiger partial charge in [0.2, 0.25) is 0 Å². The minimum absolute atomic E-state index is 0.414. The van der Waals surface area contributed by atoms with Crippen LogP contribution in [0.4, 0.5) is 0 Å². The number of hydrogen-bond donors (Lipinski definition) is 2. The Morgan fingerprint density at radius 3 is 2.67 bits per heavy atom. The number of rotatable bonds is 6. The molecule has 4 aromatic rings. The van der Waals surface area contributed by atoms with E-state index in [0.29, 0.717) is 35.5 Å². The Balaban J connectivity index is 1.88. The lowest BCUT2D eigenvalue weighted by atomic mass is 10.1. The Morgan fingerprint density at radius 2 is 1.93 bits per heavy atom. The number of ether oxygens (including phenoxy) is 2. The molecule has 0 aliphatic heterocycles. The number of fused-ring (bicyclic) bond motifs is 3. The van der Waals surface area contributed by atoms with Crippen LogP contribution < -0.4 is 10.5 Å². The average molecular weight is 361 g/mol. The van der Waals surface area contributed by atoms with Gasteiger partial charge in [0.15, 0.2) is 0 Å². The molecule has 0 aliphatic carbocycles. The SMILES string of the molecule is COCCOc1ccc2c(c1)[nH]c1c(C(N)=O)cc(-c3ccccc3)nc12. The van der Waals surface area contributed by atoms with Gasteiger partial charge in [-0.2, -0.15) is 0 Å². The number of benzene rings is 2. The number of hydrogen-bond acceptors (Lipinski definition) is 4. The zero-order valence-corrected chi connectivity index (χ0v) is 14.9. The number of methoxy groups -OCH3 is 1. The monoisotopic (exact) mass is 361 g/mol. The van der Waals surface area contributed by atoms with E-state index >= 15 is 0 Å². The Labute approximate surface area is 155 Å². The molecule has 6 nitrogen and oxygen atoms in total. The number of nitrogens with zero attached hydrogens (tertiary/aromatic N) is 1. The Bertz CT molecular complexity index is 1120. The molecule has 2 aromatic carbocycles. The predicted octanol–water partition coefficient (Wildman–Crippen LogP) is 3.51. The molecule has 0 fully saturated rings. The summed E-state index contributed by atoms with van der Waals surface area (Å²) in [6.45, 7) is 0.976. The topological polar surface area (TPSA) is 90.2 Å². The summed E-state index contributed by atoms with van der Waals surface area (Å²) in [5.41, 5.74) is 9.86. The van der Waals surface area contributed by atoms with Crippen molar-refractivity contribution >= 4 is 27.8 Å². The van der Waals surface area contributed by atoms with Crippen LogP contribution >= 0.6 is 0 Å². The van der Waals surface area contributed by atoms with Crippen LogP contribution in [-0.2, 0) is 4.74 Å². The molecule has 0 spiro atoms. The van der Waals surface area contributed by atoms with Crippen LogP contribution in [0.15, 0.2) is 54.6 Å². The lowest BCUT2D eigenvalue weighted by Gasteiger charge is -2.05. The van der Waals surface area contributed by atoms with Gasteiger partial charge in [0.1, 0.15) is 12.4 Å². The first-order chi connectivity index (χ1) is 13.2. The van der Waals surface area contributed by atoms with Gasteiger partial charge >= 0.3 is 0 Å². The van der Waals surface area contributed by atoms with Gasteiger partial charge in [-0.1, -0.05) is 30.3 Å². The predicted molar refractivity (Wildman–Crippen MR) is 105 cm³/mol. The molecule has 27 heavy (non-hydrogen) atoms. The summed E-state index contributed by atoms with van der Waals surface area (Å²) < 4.78 is 10.7. The lowest BCUT2D eigenvalue weighted by Crippen LogP contribution is -2.12. The minimum atomic E-state index is -0.497. The molecule has 0 saturated heterocycles. The fraction of sp³-hybridized carbons (Fsp3) is 0.143. The third-order valence-electron chi connectivity index (χ3n) is 4.42. The molecule has 0 aliphatic rings. The molecule has 0 bridgehead atoms. The molecule has 6 heteroatoms. The number of pyridine rings is 1. The number of H-pyrrole nitrogens is 1. The summed E-state index contributed by atoms with van der Waals surface area (Å²) >= 11 is 0. The molecule has 4 rings (SSSR count). The summed E-state index contributed by atoms with van der Waals surface area (Å²) in [6, 6.07) is 17.1. The largest absolute Gasteiger partial charge is 0.491 e. The van der Waals surface area contributed by atoms with Gasteiger partial charge in [-0.15, -0.1) is 0 Å². The minimum Gasteiger partial charge on any atom is -0.491 e. The maximum atomic E-state index is 12.1. The quantitative estimate of drug-likeness (QED) is 0.514. The van der Waals surface area contributed by atoms with Crippen molar-refractivity contribution in [3.05, 3.63) is 60.2 Å². The lowest BCUT2D eigenvalue weighted by molar-refractivity contribution is 0.100. The highest BCUT2D eigenvalue weighted by atomic mass is 16.5.